The summed E-state index contributed by atoms with van der Waals surface area (Å²) in [5.74, 6) is -0.923. The second-order valence-corrected chi connectivity index (χ2v) is 3.96. The maximum Gasteiger partial charge on any atom is 0.252 e. The van der Waals surface area contributed by atoms with Crippen molar-refractivity contribution in [1.29, 1.82) is 5.26 Å². The number of carbonyl (C=O) groups excluding carboxylic acids is 1. The zero-order valence-corrected chi connectivity index (χ0v) is 10.2. The second-order valence-electron chi connectivity index (χ2n) is 3.55. The lowest BCUT2D eigenvalue weighted by molar-refractivity contribution is -0.116. The number of carbonyl (C=O) groups is 1. The summed E-state index contributed by atoms with van der Waals surface area (Å²) in [5.41, 5.74) is 0.300. The topological polar surface area (TPSA) is 83.6 Å². The van der Waals surface area contributed by atoms with E-state index in [1.54, 1.807) is 6.07 Å². The minimum absolute atomic E-state index is 0.0207. The average molecular weight is 280 g/mol. The molecule has 1 aromatic carbocycles. The van der Waals surface area contributed by atoms with Crippen molar-refractivity contribution >= 4 is 23.2 Å². The van der Waals surface area contributed by atoms with E-state index >= 15 is 0 Å². The standard InChI is InChI=1S/C11H7ClFN5O/c12-8-3-7(13)1-2-9(8)16-11(19)5-18-6-15-10(4-14)17-18/h1-3,6H,5H2,(H,16,19). The summed E-state index contributed by atoms with van der Waals surface area (Å²) >= 11 is 5.77. The van der Waals surface area contributed by atoms with E-state index in [0.29, 0.717) is 5.69 Å². The van der Waals surface area contributed by atoms with Gasteiger partial charge in [-0.25, -0.2) is 14.1 Å². The Kier molecular flexibility index (Phi) is 3.73. The first-order chi connectivity index (χ1) is 9.08. The predicted octanol–water partition coefficient (Wildman–Crippen LogP) is 1.58. The zero-order chi connectivity index (χ0) is 13.8. The number of halogens is 2. The van der Waals surface area contributed by atoms with Gasteiger partial charge in [0.2, 0.25) is 5.91 Å². The van der Waals surface area contributed by atoms with Gasteiger partial charge in [0.25, 0.3) is 5.82 Å². The van der Waals surface area contributed by atoms with Crippen molar-refractivity contribution in [3.8, 4) is 6.07 Å². The molecule has 0 radical (unpaired) electrons. The van der Waals surface area contributed by atoms with Gasteiger partial charge >= 0.3 is 0 Å². The summed E-state index contributed by atoms with van der Waals surface area (Å²) in [5, 5.41) is 14.9. The first kappa shape index (κ1) is 13.0. The van der Waals surface area contributed by atoms with Gasteiger partial charge in [0.05, 0.1) is 10.7 Å². The maximum atomic E-state index is 12.8. The summed E-state index contributed by atoms with van der Waals surface area (Å²) in [6.45, 7) is -0.123. The monoisotopic (exact) mass is 279 g/mol. The highest BCUT2D eigenvalue weighted by atomic mass is 35.5. The molecule has 2 rings (SSSR count). The SMILES string of the molecule is N#Cc1ncn(CC(=O)Nc2ccc(F)cc2Cl)n1. The van der Waals surface area contributed by atoms with E-state index in [9.17, 15) is 9.18 Å². The molecule has 0 aliphatic carbocycles. The molecule has 0 bridgehead atoms. The molecule has 1 N–H and O–H groups in total. The molecule has 6 nitrogen and oxygen atoms in total. The van der Waals surface area contributed by atoms with Crippen molar-refractivity contribution in [2.24, 2.45) is 0 Å². The zero-order valence-electron chi connectivity index (χ0n) is 9.47. The van der Waals surface area contributed by atoms with Crippen LogP contribution >= 0.6 is 11.6 Å². The van der Waals surface area contributed by atoms with Gasteiger partial charge < -0.3 is 5.32 Å². The van der Waals surface area contributed by atoms with Gasteiger partial charge in [-0.1, -0.05) is 11.6 Å². The largest absolute Gasteiger partial charge is 0.323 e. The van der Waals surface area contributed by atoms with Crippen molar-refractivity contribution in [1.82, 2.24) is 14.8 Å². The number of rotatable bonds is 3. The maximum absolute atomic E-state index is 12.8. The molecule has 0 atom stereocenters. The van der Waals surface area contributed by atoms with Gasteiger partial charge in [-0.3, -0.25) is 4.79 Å². The third-order valence-corrected chi connectivity index (χ3v) is 2.46. The van der Waals surface area contributed by atoms with E-state index in [2.05, 4.69) is 15.4 Å². The van der Waals surface area contributed by atoms with Crippen molar-refractivity contribution in [3.05, 3.63) is 41.2 Å². The molecule has 0 spiro atoms. The third-order valence-electron chi connectivity index (χ3n) is 2.15. The van der Waals surface area contributed by atoms with E-state index < -0.39 is 11.7 Å². The molecule has 1 aromatic heterocycles. The lowest BCUT2D eigenvalue weighted by Crippen LogP contribution is -2.19. The van der Waals surface area contributed by atoms with Crippen LogP contribution in [-0.4, -0.2) is 20.7 Å². The average Bonchev–Trinajstić information content (AvgIpc) is 2.80. The molecule has 0 aliphatic heterocycles. The van der Waals surface area contributed by atoms with E-state index in [4.69, 9.17) is 16.9 Å². The minimum atomic E-state index is -0.488. The van der Waals surface area contributed by atoms with Crippen LogP contribution < -0.4 is 5.32 Å². The fraction of sp³-hybridized carbons (Fsp3) is 0.0909. The molecule has 0 aliphatic rings. The predicted molar refractivity (Wildman–Crippen MR) is 64.8 cm³/mol. The number of nitrogens with zero attached hydrogens (tertiary/aromatic N) is 4. The van der Waals surface area contributed by atoms with Crippen LogP contribution in [0.1, 0.15) is 5.82 Å². The highest BCUT2D eigenvalue weighted by Gasteiger charge is 2.09. The fourth-order valence-electron chi connectivity index (χ4n) is 1.35. The van der Waals surface area contributed by atoms with Crippen LogP contribution in [0, 0.1) is 17.1 Å². The highest BCUT2D eigenvalue weighted by molar-refractivity contribution is 6.33. The van der Waals surface area contributed by atoms with Crippen LogP contribution in [0.2, 0.25) is 5.02 Å². The molecule has 19 heavy (non-hydrogen) atoms. The molecule has 0 unspecified atom stereocenters. The van der Waals surface area contributed by atoms with Gasteiger partial charge in [0, 0.05) is 0 Å². The third kappa shape index (κ3) is 3.26. The molecule has 96 valence electrons. The van der Waals surface area contributed by atoms with Crippen molar-refractivity contribution < 1.29 is 9.18 Å². The van der Waals surface area contributed by atoms with Gasteiger partial charge in [-0.15, -0.1) is 5.10 Å². The first-order valence-corrected chi connectivity index (χ1v) is 5.51. The summed E-state index contributed by atoms with van der Waals surface area (Å²) < 4.78 is 14.0. The first-order valence-electron chi connectivity index (χ1n) is 5.13. The van der Waals surface area contributed by atoms with E-state index in [1.807, 2.05) is 0 Å². The van der Waals surface area contributed by atoms with Gasteiger partial charge in [0.1, 0.15) is 24.8 Å². The summed E-state index contributed by atoms with van der Waals surface area (Å²) in [4.78, 5) is 15.3. The smallest absolute Gasteiger partial charge is 0.252 e. The van der Waals surface area contributed by atoms with Crippen molar-refractivity contribution in [2.75, 3.05) is 5.32 Å². The van der Waals surface area contributed by atoms with E-state index in [-0.39, 0.29) is 17.4 Å². The number of nitrogens with one attached hydrogen (secondary N) is 1. The minimum Gasteiger partial charge on any atom is -0.323 e. The van der Waals surface area contributed by atoms with Crippen LogP contribution in [0.3, 0.4) is 0 Å². The number of benzene rings is 1. The van der Waals surface area contributed by atoms with Crippen LogP contribution in [0.5, 0.6) is 0 Å². The molecule has 0 saturated heterocycles. The molecule has 0 fully saturated rings. The summed E-state index contributed by atoms with van der Waals surface area (Å²) in [7, 11) is 0. The molecular weight excluding hydrogens is 273 g/mol. The van der Waals surface area contributed by atoms with Crippen molar-refractivity contribution in [2.45, 2.75) is 6.54 Å². The molecule has 0 saturated carbocycles. The van der Waals surface area contributed by atoms with Gasteiger partial charge in [-0.2, -0.15) is 5.26 Å². The quantitative estimate of drug-likeness (QED) is 0.924. The lowest BCUT2D eigenvalue weighted by Gasteiger charge is -2.06. The van der Waals surface area contributed by atoms with E-state index in [1.165, 1.54) is 23.1 Å². The number of hydrogen-bond donors (Lipinski definition) is 1. The second kappa shape index (κ2) is 5.46. The number of hydrogen-bond acceptors (Lipinski definition) is 4. The van der Waals surface area contributed by atoms with E-state index in [0.717, 1.165) is 6.07 Å². The van der Waals surface area contributed by atoms with Crippen LogP contribution in [0.4, 0.5) is 10.1 Å². The normalized spacial score (nSPS) is 9.95. The van der Waals surface area contributed by atoms with Crippen molar-refractivity contribution in [3.63, 3.8) is 0 Å². The van der Waals surface area contributed by atoms with Gasteiger partial charge in [0.15, 0.2) is 0 Å². The molecule has 2 aromatic rings. The molecular formula is C11H7ClFN5O. The Morgan fingerprint density at radius 2 is 2.37 bits per heavy atom. The lowest BCUT2D eigenvalue weighted by atomic mass is 10.3. The fourth-order valence-corrected chi connectivity index (χ4v) is 1.56. The Balaban J connectivity index is 2.03. The number of anilines is 1. The molecule has 1 heterocycles. The summed E-state index contributed by atoms with van der Waals surface area (Å²) in [6.07, 6.45) is 1.27. The molecule has 8 heteroatoms. The summed E-state index contributed by atoms with van der Waals surface area (Å²) in [6, 6.07) is 5.39. The Morgan fingerprint density at radius 3 is 3.00 bits per heavy atom. The van der Waals surface area contributed by atoms with Crippen LogP contribution in [0.25, 0.3) is 0 Å². The highest BCUT2D eigenvalue weighted by Crippen LogP contribution is 2.22. The number of nitriles is 1. The Labute approximate surface area is 112 Å². The Hall–Kier alpha value is -2.46. The number of amides is 1. The van der Waals surface area contributed by atoms with Gasteiger partial charge in [-0.05, 0) is 18.2 Å². The van der Waals surface area contributed by atoms with Crippen LogP contribution in [-0.2, 0) is 11.3 Å². The van der Waals surface area contributed by atoms with Crippen LogP contribution in [0.15, 0.2) is 24.5 Å². The number of aromatic nitrogens is 3. The molecule has 1 amide bonds. The Morgan fingerprint density at radius 1 is 1.58 bits per heavy atom. The Bertz CT molecular complexity index is 663.